The van der Waals surface area contributed by atoms with Crippen molar-refractivity contribution < 1.29 is 9.72 Å². The number of carbonyl (C=O) groups excluding carboxylic acids is 1. The third kappa shape index (κ3) is 2.82. The van der Waals surface area contributed by atoms with Gasteiger partial charge in [-0.15, -0.1) is 0 Å². The van der Waals surface area contributed by atoms with Crippen LogP contribution in [-0.4, -0.2) is 30.8 Å². The maximum Gasteiger partial charge on any atom is 0.312 e. The molecule has 0 aliphatic rings. The topological polar surface area (TPSA) is 119 Å². The minimum Gasteiger partial charge on any atom is -0.350 e. The van der Waals surface area contributed by atoms with Gasteiger partial charge in [0.15, 0.2) is 0 Å². The van der Waals surface area contributed by atoms with Crippen molar-refractivity contribution in [2.45, 2.75) is 26.9 Å². The fraction of sp³-hybridized carbons (Fsp3) is 0.364. The van der Waals surface area contributed by atoms with Crippen LogP contribution in [0.1, 0.15) is 17.0 Å². The van der Waals surface area contributed by atoms with E-state index in [1.807, 2.05) is 0 Å². The summed E-state index contributed by atoms with van der Waals surface area (Å²) in [5.41, 5.74) is 1.46. The van der Waals surface area contributed by atoms with E-state index in [4.69, 9.17) is 0 Å². The van der Waals surface area contributed by atoms with E-state index in [2.05, 4.69) is 20.6 Å². The Kier molecular flexibility index (Phi) is 3.78. The first-order valence-electron chi connectivity index (χ1n) is 5.91. The van der Waals surface area contributed by atoms with Gasteiger partial charge < -0.3 is 5.32 Å². The first-order chi connectivity index (χ1) is 9.49. The predicted octanol–water partition coefficient (Wildman–Crippen LogP) is 0.448. The molecule has 0 spiro atoms. The monoisotopic (exact) mass is 278 g/mol. The van der Waals surface area contributed by atoms with Gasteiger partial charge in [0, 0.05) is 18.3 Å². The Morgan fingerprint density at radius 3 is 2.85 bits per heavy atom. The lowest BCUT2D eigenvalue weighted by atomic mass is 10.3. The number of H-pyrrole nitrogens is 1. The van der Waals surface area contributed by atoms with Crippen LogP contribution < -0.4 is 5.32 Å². The van der Waals surface area contributed by atoms with Crippen LogP contribution >= 0.6 is 0 Å². The Hall–Kier alpha value is -2.71. The minimum atomic E-state index is -0.489. The van der Waals surface area contributed by atoms with Crippen molar-refractivity contribution in [1.82, 2.24) is 25.3 Å². The van der Waals surface area contributed by atoms with Crippen LogP contribution in [0, 0.1) is 24.0 Å². The van der Waals surface area contributed by atoms with Gasteiger partial charge in [-0.25, -0.2) is 0 Å². The zero-order valence-electron chi connectivity index (χ0n) is 11.1. The van der Waals surface area contributed by atoms with Gasteiger partial charge in [-0.2, -0.15) is 10.2 Å². The molecule has 0 bridgehead atoms. The molecule has 0 saturated heterocycles. The molecule has 9 nitrogen and oxygen atoms in total. The van der Waals surface area contributed by atoms with Crippen molar-refractivity contribution >= 4 is 11.6 Å². The molecule has 9 heteroatoms. The maximum absolute atomic E-state index is 11.8. The second-order valence-corrected chi connectivity index (χ2v) is 4.32. The van der Waals surface area contributed by atoms with Crippen molar-refractivity contribution in [1.29, 1.82) is 0 Å². The summed E-state index contributed by atoms with van der Waals surface area (Å²) < 4.78 is 1.33. The van der Waals surface area contributed by atoms with Gasteiger partial charge in [0.05, 0.1) is 11.1 Å². The zero-order valence-corrected chi connectivity index (χ0v) is 11.1. The number of hydrogen-bond donors (Lipinski definition) is 2. The van der Waals surface area contributed by atoms with E-state index in [1.54, 1.807) is 26.2 Å². The minimum absolute atomic E-state index is 0.0485. The van der Waals surface area contributed by atoms with Gasteiger partial charge in [0.25, 0.3) is 0 Å². The molecule has 0 aromatic carbocycles. The number of carbonyl (C=O) groups is 1. The molecule has 1 amide bonds. The SMILES string of the molecule is Cc1nn(CC(=O)NCc2cn[nH]c2)c(C)c1[N+](=O)[O-]. The molecule has 0 unspecified atom stereocenters. The number of nitrogens with one attached hydrogen (secondary N) is 2. The molecule has 0 aliphatic heterocycles. The van der Waals surface area contributed by atoms with E-state index in [0.29, 0.717) is 17.9 Å². The predicted molar refractivity (Wildman–Crippen MR) is 68.8 cm³/mol. The third-order valence-corrected chi connectivity index (χ3v) is 2.86. The van der Waals surface area contributed by atoms with Crippen LogP contribution in [0.25, 0.3) is 0 Å². The molecule has 0 fully saturated rings. The van der Waals surface area contributed by atoms with E-state index in [9.17, 15) is 14.9 Å². The number of hydrogen-bond acceptors (Lipinski definition) is 5. The molecule has 106 valence electrons. The molecule has 2 aromatic rings. The first kappa shape index (κ1) is 13.7. The maximum atomic E-state index is 11.8. The Labute approximate surface area is 114 Å². The lowest BCUT2D eigenvalue weighted by molar-refractivity contribution is -0.386. The highest BCUT2D eigenvalue weighted by atomic mass is 16.6. The lowest BCUT2D eigenvalue weighted by Crippen LogP contribution is -2.27. The smallest absolute Gasteiger partial charge is 0.312 e. The van der Waals surface area contributed by atoms with E-state index in [1.165, 1.54) is 4.68 Å². The average molecular weight is 278 g/mol. The number of aromatic nitrogens is 4. The van der Waals surface area contributed by atoms with Crippen molar-refractivity contribution in [2.24, 2.45) is 0 Å². The molecule has 2 heterocycles. The number of nitro groups is 1. The summed E-state index contributed by atoms with van der Waals surface area (Å²) in [6.07, 6.45) is 3.28. The number of aromatic amines is 1. The molecule has 0 saturated carbocycles. The molecular weight excluding hydrogens is 264 g/mol. The largest absolute Gasteiger partial charge is 0.350 e. The van der Waals surface area contributed by atoms with Gasteiger partial charge in [-0.1, -0.05) is 0 Å². The third-order valence-electron chi connectivity index (χ3n) is 2.86. The van der Waals surface area contributed by atoms with E-state index in [-0.39, 0.29) is 18.1 Å². The normalized spacial score (nSPS) is 10.5. The molecule has 0 radical (unpaired) electrons. The van der Waals surface area contributed by atoms with Crippen LogP contribution in [-0.2, 0) is 17.9 Å². The summed E-state index contributed by atoms with van der Waals surface area (Å²) in [7, 11) is 0. The molecule has 2 rings (SSSR count). The summed E-state index contributed by atoms with van der Waals surface area (Å²) >= 11 is 0. The number of aryl methyl sites for hydroxylation is 1. The van der Waals surface area contributed by atoms with Crippen LogP contribution in [0.3, 0.4) is 0 Å². The van der Waals surface area contributed by atoms with Crippen molar-refractivity contribution in [3.8, 4) is 0 Å². The van der Waals surface area contributed by atoms with Crippen molar-refractivity contribution in [3.63, 3.8) is 0 Å². The van der Waals surface area contributed by atoms with Crippen LogP contribution in [0.5, 0.6) is 0 Å². The summed E-state index contributed by atoms with van der Waals surface area (Å²) in [5.74, 6) is -0.272. The van der Waals surface area contributed by atoms with Crippen LogP contribution in [0.4, 0.5) is 5.69 Å². The van der Waals surface area contributed by atoms with E-state index in [0.717, 1.165) is 5.56 Å². The molecule has 2 aromatic heterocycles. The van der Waals surface area contributed by atoms with Crippen molar-refractivity contribution in [2.75, 3.05) is 0 Å². The van der Waals surface area contributed by atoms with Crippen molar-refractivity contribution in [3.05, 3.63) is 39.5 Å². The molecule has 0 aliphatic carbocycles. The lowest BCUT2D eigenvalue weighted by Gasteiger charge is -2.05. The average Bonchev–Trinajstić information content (AvgIpc) is 2.96. The standard InChI is InChI=1S/C11H14N6O3/c1-7-11(17(19)20)8(2)16(15-7)6-10(18)12-3-9-4-13-14-5-9/h4-5H,3,6H2,1-2H3,(H,12,18)(H,13,14). The van der Waals surface area contributed by atoms with Gasteiger partial charge >= 0.3 is 5.69 Å². The second-order valence-electron chi connectivity index (χ2n) is 4.32. The summed E-state index contributed by atoms with van der Waals surface area (Å²) in [6.45, 7) is 3.40. The fourth-order valence-corrected chi connectivity index (χ4v) is 1.87. The van der Waals surface area contributed by atoms with Gasteiger partial charge in [0.1, 0.15) is 17.9 Å². The highest BCUT2D eigenvalue weighted by Gasteiger charge is 2.22. The molecule has 0 atom stereocenters. The summed E-state index contributed by atoms with van der Waals surface area (Å²) in [5, 5.41) is 24.0. The van der Waals surface area contributed by atoms with Gasteiger partial charge in [-0.05, 0) is 13.8 Å². The Balaban J connectivity index is 2.01. The summed E-state index contributed by atoms with van der Waals surface area (Å²) in [4.78, 5) is 22.2. The highest BCUT2D eigenvalue weighted by molar-refractivity contribution is 5.75. The number of amides is 1. The quantitative estimate of drug-likeness (QED) is 0.608. The summed E-state index contributed by atoms with van der Waals surface area (Å²) in [6, 6.07) is 0. The first-order valence-corrected chi connectivity index (χ1v) is 5.91. The Morgan fingerprint density at radius 1 is 1.55 bits per heavy atom. The zero-order chi connectivity index (χ0) is 14.7. The number of rotatable bonds is 5. The Bertz CT molecular complexity index is 631. The van der Waals surface area contributed by atoms with Crippen LogP contribution in [0.15, 0.2) is 12.4 Å². The Morgan fingerprint density at radius 2 is 2.30 bits per heavy atom. The molecule has 20 heavy (non-hydrogen) atoms. The number of nitrogens with zero attached hydrogens (tertiary/aromatic N) is 4. The second kappa shape index (κ2) is 5.51. The van der Waals surface area contributed by atoms with Gasteiger partial charge in [-0.3, -0.25) is 24.7 Å². The molecular formula is C11H14N6O3. The van der Waals surface area contributed by atoms with Gasteiger partial charge in [0.2, 0.25) is 5.91 Å². The highest BCUT2D eigenvalue weighted by Crippen LogP contribution is 2.21. The van der Waals surface area contributed by atoms with Crippen LogP contribution in [0.2, 0.25) is 0 Å². The fourth-order valence-electron chi connectivity index (χ4n) is 1.87. The van der Waals surface area contributed by atoms with E-state index >= 15 is 0 Å². The van der Waals surface area contributed by atoms with E-state index < -0.39 is 4.92 Å². The molecule has 2 N–H and O–H groups in total.